The Morgan fingerprint density at radius 3 is 2.41 bits per heavy atom. The Morgan fingerprint density at radius 1 is 1.24 bits per heavy atom. The van der Waals surface area contributed by atoms with Crippen LogP contribution in [-0.2, 0) is 0 Å². The smallest absolute Gasteiger partial charge is 0.0430 e. The number of nitrogens with zero attached hydrogens (tertiary/aromatic N) is 2. The van der Waals surface area contributed by atoms with Crippen LogP contribution in [0, 0.1) is 5.92 Å². The van der Waals surface area contributed by atoms with Crippen molar-refractivity contribution in [1.29, 1.82) is 0 Å². The van der Waals surface area contributed by atoms with E-state index in [1.165, 1.54) is 50.7 Å². The van der Waals surface area contributed by atoms with Gasteiger partial charge in [-0.3, -0.25) is 4.90 Å². The van der Waals surface area contributed by atoms with Crippen LogP contribution in [0.1, 0.15) is 20.3 Å². The minimum Gasteiger partial charge on any atom is -0.329 e. The van der Waals surface area contributed by atoms with E-state index in [0.29, 0.717) is 5.54 Å². The summed E-state index contributed by atoms with van der Waals surface area (Å²) < 4.78 is 0. The lowest BCUT2D eigenvalue weighted by Crippen LogP contribution is -2.60. The van der Waals surface area contributed by atoms with Gasteiger partial charge in [-0.1, -0.05) is 13.8 Å². The molecule has 2 rings (SSSR count). The second-order valence-corrected chi connectivity index (χ2v) is 7.02. The summed E-state index contributed by atoms with van der Waals surface area (Å²) in [6.07, 6.45) is 1.29. The van der Waals surface area contributed by atoms with Gasteiger partial charge < -0.3 is 10.6 Å². The number of hydrogen-bond acceptors (Lipinski definition) is 4. The first-order valence-electron chi connectivity index (χ1n) is 6.91. The summed E-state index contributed by atoms with van der Waals surface area (Å²) in [5, 5.41) is 0. The van der Waals surface area contributed by atoms with E-state index in [1.54, 1.807) is 0 Å². The molecule has 2 N–H and O–H groups in total. The third kappa shape index (κ3) is 3.16. The third-order valence-corrected chi connectivity index (χ3v) is 5.36. The zero-order chi connectivity index (χ0) is 12.3. The van der Waals surface area contributed by atoms with Crippen LogP contribution in [0.25, 0.3) is 0 Å². The minimum atomic E-state index is 0.328. The number of piperazine rings is 1. The largest absolute Gasteiger partial charge is 0.329 e. The Kier molecular flexibility index (Phi) is 4.75. The Hall–Kier alpha value is 0.230. The lowest BCUT2D eigenvalue weighted by Gasteiger charge is -2.45. The average molecular weight is 257 g/mol. The van der Waals surface area contributed by atoms with Gasteiger partial charge in [0.1, 0.15) is 0 Å². The van der Waals surface area contributed by atoms with E-state index in [1.807, 2.05) is 0 Å². The topological polar surface area (TPSA) is 32.5 Å². The van der Waals surface area contributed by atoms with Crippen molar-refractivity contribution in [3.63, 3.8) is 0 Å². The fourth-order valence-electron chi connectivity index (χ4n) is 3.06. The minimum absolute atomic E-state index is 0.328. The number of nitrogens with two attached hydrogens (primary N) is 1. The fraction of sp³-hybridized carbons (Fsp3) is 1.00. The molecule has 0 spiro atoms. The molecular formula is C13H27N3S. The summed E-state index contributed by atoms with van der Waals surface area (Å²) >= 11 is 2.08. The zero-order valence-corrected chi connectivity index (χ0v) is 12.1. The van der Waals surface area contributed by atoms with E-state index in [-0.39, 0.29) is 0 Å². The van der Waals surface area contributed by atoms with Gasteiger partial charge in [-0.05, 0) is 18.1 Å². The van der Waals surface area contributed by atoms with Crippen LogP contribution >= 0.6 is 11.8 Å². The highest BCUT2D eigenvalue weighted by Gasteiger charge is 2.39. The molecule has 2 fully saturated rings. The monoisotopic (exact) mass is 257 g/mol. The van der Waals surface area contributed by atoms with Gasteiger partial charge in [0.25, 0.3) is 0 Å². The molecule has 3 nitrogen and oxygen atoms in total. The Bertz CT molecular complexity index is 231. The second-order valence-electron chi connectivity index (χ2n) is 5.91. The summed E-state index contributed by atoms with van der Waals surface area (Å²) in [5.74, 6) is 3.32. The number of rotatable bonds is 4. The lowest BCUT2D eigenvalue weighted by atomic mass is 9.95. The van der Waals surface area contributed by atoms with Crippen LogP contribution < -0.4 is 5.73 Å². The van der Waals surface area contributed by atoms with Gasteiger partial charge in [0.05, 0.1) is 0 Å². The highest BCUT2D eigenvalue weighted by atomic mass is 32.2. The first-order chi connectivity index (χ1) is 8.16. The molecule has 2 heterocycles. The van der Waals surface area contributed by atoms with Crippen molar-refractivity contribution < 1.29 is 0 Å². The molecular weight excluding hydrogens is 230 g/mol. The van der Waals surface area contributed by atoms with E-state index in [4.69, 9.17) is 5.73 Å². The zero-order valence-electron chi connectivity index (χ0n) is 11.3. The Balaban J connectivity index is 1.85. The first kappa shape index (κ1) is 13.7. The van der Waals surface area contributed by atoms with Crippen LogP contribution in [0.4, 0.5) is 0 Å². The molecule has 4 heteroatoms. The van der Waals surface area contributed by atoms with E-state index < -0.39 is 0 Å². The standard InChI is InChI=1S/C13H27N3S/c1-12(2)9-15-4-6-16(7-5-15)13(10-14)3-8-17-11-13/h12H,3-11,14H2,1-2H3. The summed E-state index contributed by atoms with van der Waals surface area (Å²) in [6.45, 7) is 11.6. The van der Waals surface area contributed by atoms with E-state index >= 15 is 0 Å². The molecule has 0 aromatic rings. The van der Waals surface area contributed by atoms with E-state index in [9.17, 15) is 0 Å². The van der Waals surface area contributed by atoms with Crippen LogP contribution in [0.15, 0.2) is 0 Å². The maximum Gasteiger partial charge on any atom is 0.0430 e. The maximum atomic E-state index is 6.05. The van der Waals surface area contributed by atoms with Crippen molar-refractivity contribution in [1.82, 2.24) is 9.80 Å². The van der Waals surface area contributed by atoms with Gasteiger partial charge >= 0.3 is 0 Å². The van der Waals surface area contributed by atoms with Gasteiger partial charge in [-0.25, -0.2) is 0 Å². The molecule has 2 saturated heterocycles. The van der Waals surface area contributed by atoms with Crippen molar-refractivity contribution in [3.8, 4) is 0 Å². The molecule has 0 bridgehead atoms. The molecule has 0 amide bonds. The highest BCUT2D eigenvalue weighted by molar-refractivity contribution is 7.99. The molecule has 0 aromatic heterocycles. The molecule has 100 valence electrons. The molecule has 0 aliphatic carbocycles. The number of thioether (sulfide) groups is 1. The predicted octanol–water partition coefficient (Wildman–Crippen LogP) is 1.09. The van der Waals surface area contributed by atoms with Crippen LogP contribution in [0.5, 0.6) is 0 Å². The Morgan fingerprint density at radius 2 is 1.94 bits per heavy atom. The summed E-state index contributed by atoms with van der Waals surface area (Å²) in [5.41, 5.74) is 6.37. The fourth-order valence-corrected chi connectivity index (χ4v) is 4.55. The second kappa shape index (κ2) is 5.91. The van der Waals surface area contributed by atoms with Crippen molar-refractivity contribution >= 4 is 11.8 Å². The summed E-state index contributed by atoms with van der Waals surface area (Å²) in [6, 6.07) is 0. The number of hydrogen-bond donors (Lipinski definition) is 1. The lowest BCUT2D eigenvalue weighted by molar-refractivity contribution is 0.0465. The third-order valence-electron chi connectivity index (χ3n) is 4.13. The van der Waals surface area contributed by atoms with Gasteiger partial charge in [0.2, 0.25) is 0 Å². The molecule has 2 aliphatic heterocycles. The van der Waals surface area contributed by atoms with Crippen molar-refractivity contribution in [2.24, 2.45) is 11.7 Å². The van der Waals surface area contributed by atoms with Crippen molar-refractivity contribution in [3.05, 3.63) is 0 Å². The normalized spacial score (nSPS) is 32.5. The van der Waals surface area contributed by atoms with Crippen LogP contribution in [0.2, 0.25) is 0 Å². The van der Waals surface area contributed by atoms with Crippen LogP contribution in [-0.4, -0.2) is 66.1 Å². The molecule has 1 atom stereocenters. The maximum absolute atomic E-state index is 6.05. The van der Waals surface area contributed by atoms with Gasteiger partial charge in [-0.2, -0.15) is 11.8 Å². The average Bonchev–Trinajstić information content (AvgIpc) is 2.79. The molecule has 0 radical (unpaired) electrons. The highest BCUT2D eigenvalue weighted by Crippen LogP contribution is 2.33. The quantitative estimate of drug-likeness (QED) is 0.817. The van der Waals surface area contributed by atoms with Gasteiger partial charge in [0, 0.05) is 50.6 Å². The molecule has 2 aliphatic rings. The molecule has 0 aromatic carbocycles. The van der Waals surface area contributed by atoms with Gasteiger partial charge in [0.15, 0.2) is 0 Å². The first-order valence-corrected chi connectivity index (χ1v) is 8.07. The molecule has 1 unspecified atom stereocenters. The SMILES string of the molecule is CC(C)CN1CCN(C2(CN)CCSC2)CC1. The van der Waals surface area contributed by atoms with E-state index in [0.717, 1.165) is 12.5 Å². The van der Waals surface area contributed by atoms with E-state index in [2.05, 4.69) is 35.4 Å². The Labute approximate surface area is 110 Å². The molecule has 0 saturated carbocycles. The predicted molar refractivity (Wildman–Crippen MR) is 76.6 cm³/mol. The van der Waals surface area contributed by atoms with Crippen molar-refractivity contribution in [2.75, 3.05) is 50.8 Å². The van der Waals surface area contributed by atoms with Crippen molar-refractivity contribution in [2.45, 2.75) is 25.8 Å². The summed E-state index contributed by atoms with van der Waals surface area (Å²) in [4.78, 5) is 5.28. The van der Waals surface area contributed by atoms with Gasteiger partial charge in [-0.15, -0.1) is 0 Å². The van der Waals surface area contributed by atoms with Crippen LogP contribution in [0.3, 0.4) is 0 Å². The molecule has 17 heavy (non-hydrogen) atoms. The summed E-state index contributed by atoms with van der Waals surface area (Å²) in [7, 11) is 0.